The lowest BCUT2D eigenvalue weighted by atomic mass is 10.1. The Bertz CT molecular complexity index is 409. The molecule has 1 rings (SSSR count). The second-order valence-corrected chi connectivity index (χ2v) is 5.53. The monoisotopic (exact) mass is 294 g/mol. The van der Waals surface area contributed by atoms with Crippen molar-refractivity contribution in [3.05, 3.63) is 29.8 Å². The van der Waals surface area contributed by atoms with E-state index in [2.05, 4.69) is 0 Å². The summed E-state index contributed by atoms with van der Waals surface area (Å²) >= 11 is 0. The molecule has 0 aliphatic rings. The van der Waals surface area contributed by atoms with E-state index in [0.717, 1.165) is 11.3 Å². The Morgan fingerprint density at radius 2 is 1.71 bits per heavy atom. The predicted molar refractivity (Wildman–Crippen MR) is 82.5 cm³/mol. The Hall–Kier alpha value is -1.39. The molecule has 0 aliphatic heterocycles. The summed E-state index contributed by atoms with van der Waals surface area (Å²) < 4.78 is 16.4. The first kappa shape index (κ1) is 17.7. The number of rotatable bonds is 10. The van der Waals surface area contributed by atoms with Gasteiger partial charge in [0.05, 0.1) is 19.3 Å². The van der Waals surface area contributed by atoms with Gasteiger partial charge in [0.25, 0.3) is 0 Å². The van der Waals surface area contributed by atoms with Crippen LogP contribution in [0.4, 0.5) is 0 Å². The van der Waals surface area contributed by atoms with E-state index in [1.807, 2.05) is 52.0 Å². The maximum absolute atomic E-state index is 11.3. The minimum absolute atomic E-state index is 0.0199. The first-order valence-corrected chi connectivity index (χ1v) is 7.43. The smallest absolute Gasteiger partial charge is 0.160 e. The Balaban J connectivity index is 2.19. The molecule has 0 bridgehead atoms. The van der Waals surface area contributed by atoms with Crippen LogP contribution in [-0.2, 0) is 20.9 Å². The van der Waals surface area contributed by atoms with Crippen LogP contribution >= 0.6 is 0 Å². The summed E-state index contributed by atoms with van der Waals surface area (Å²) in [6, 6.07) is 7.80. The molecular formula is C17H26O4. The molecule has 0 aliphatic carbocycles. The fraction of sp³-hybridized carbons (Fsp3) is 0.588. The maximum atomic E-state index is 11.3. The Morgan fingerprint density at radius 1 is 1.05 bits per heavy atom. The molecule has 0 aromatic heterocycles. The molecule has 0 saturated heterocycles. The van der Waals surface area contributed by atoms with E-state index in [0.29, 0.717) is 19.8 Å². The molecule has 1 aromatic rings. The van der Waals surface area contributed by atoms with Gasteiger partial charge in [0.15, 0.2) is 5.78 Å². The van der Waals surface area contributed by atoms with Crippen molar-refractivity contribution in [2.24, 2.45) is 5.92 Å². The van der Waals surface area contributed by atoms with Gasteiger partial charge in [-0.25, -0.2) is 0 Å². The van der Waals surface area contributed by atoms with Crippen LogP contribution in [0.2, 0.25) is 0 Å². The Kier molecular flexibility index (Phi) is 8.01. The van der Waals surface area contributed by atoms with E-state index < -0.39 is 0 Å². The number of Topliss-reactive ketones (excluding diaryl/α,β-unsaturated/α-hetero) is 1. The summed E-state index contributed by atoms with van der Waals surface area (Å²) in [5.41, 5.74) is 1.12. The minimum atomic E-state index is 0.0199. The van der Waals surface area contributed by atoms with E-state index >= 15 is 0 Å². The molecule has 0 atom stereocenters. The number of ketones is 1. The van der Waals surface area contributed by atoms with Gasteiger partial charge in [-0.2, -0.15) is 0 Å². The predicted octanol–water partition coefficient (Wildman–Crippen LogP) is 3.23. The molecule has 0 amide bonds. The molecule has 4 nitrogen and oxygen atoms in total. The van der Waals surface area contributed by atoms with Crippen molar-refractivity contribution in [3.8, 4) is 5.75 Å². The fourth-order valence-electron chi connectivity index (χ4n) is 1.50. The number of carbonyl (C=O) groups excluding carboxylic acids is 1. The Labute approximate surface area is 127 Å². The van der Waals surface area contributed by atoms with Crippen LogP contribution < -0.4 is 4.74 Å². The number of hydrogen-bond donors (Lipinski definition) is 0. The van der Waals surface area contributed by atoms with Crippen molar-refractivity contribution in [2.75, 3.05) is 19.8 Å². The third-order valence-electron chi connectivity index (χ3n) is 2.89. The van der Waals surface area contributed by atoms with Crippen LogP contribution in [0.3, 0.4) is 0 Å². The quantitative estimate of drug-likeness (QED) is 0.621. The average molecular weight is 294 g/mol. The van der Waals surface area contributed by atoms with Gasteiger partial charge in [0.2, 0.25) is 0 Å². The fourth-order valence-corrected chi connectivity index (χ4v) is 1.50. The largest absolute Gasteiger partial charge is 0.491 e. The first-order chi connectivity index (χ1) is 9.99. The van der Waals surface area contributed by atoms with Crippen molar-refractivity contribution in [3.63, 3.8) is 0 Å². The van der Waals surface area contributed by atoms with Crippen LogP contribution in [0.5, 0.6) is 5.75 Å². The van der Waals surface area contributed by atoms with Crippen molar-refractivity contribution >= 4 is 5.78 Å². The SMILES string of the molecule is CC(C)OCc1ccc(OCCOCC(=O)C(C)C)cc1. The maximum Gasteiger partial charge on any atom is 0.160 e. The normalized spacial score (nSPS) is 11.1. The molecule has 0 radical (unpaired) electrons. The number of hydrogen-bond acceptors (Lipinski definition) is 4. The van der Waals surface area contributed by atoms with Gasteiger partial charge >= 0.3 is 0 Å². The van der Waals surface area contributed by atoms with Crippen molar-refractivity contribution in [1.29, 1.82) is 0 Å². The zero-order chi connectivity index (χ0) is 15.7. The number of ether oxygens (including phenoxy) is 3. The molecule has 1 aromatic carbocycles. The summed E-state index contributed by atoms with van der Waals surface area (Å²) in [6.07, 6.45) is 0.228. The molecular weight excluding hydrogens is 268 g/mol. The van der Waals surface area contributed by atoms with Crippen LogP contribution in [0.15, 0.2) is 24.3 Å². The summed E-state index contributed by atoms with van der Waals surface area (Å²) in [5.74, 6) is 0.929. The van der Waals surface area contributed by atoms with Gasteiger partial charge < -0.3 is 14.2 Å². The molecule has 0 N–H and O–H groups in total. The lowest BCUT2D eigenvalue weighted by Gasteiger charge is -2.10. The standard InChI is InChI=1S/C17H26O4/c1-13(2)17(18)12-19-9-10-20-16-7-5-15(6-8-16)11-21-14(3)4/h5-8,13-14H,9-12H2,1-4H3. The van der Waals surface area contributed by atoms with Crippen LogP contribution in [-0.4, -0.2) is 31.7 Å². The van der Waals surface area contributed by atoms with Gasteiger partial charge in [0.1, 0.15) is 19.0 Å². The highest BCUT2D eigenvalue weighted by Crippen LogP contribution is 2.13. The number of carbonyl (C=O) groups is 1. The zero-order valence-corrected chi connectivity index (χ0v) is 13.4. The first-order valence-electron chi connectivity index (χ1n) is 7.43. The summed E-state index contributed by atoms with van der Waals surface area (Å²) in [4.78, 5) is 11.3. The molecule has 4 heteroatoms. The highest BCUT2D eigenvalue weighted by Gasteiger charge is 2.06. The van der Waals surface area contributed by atoms with E-state index in [4.69, 9.17) is 14.2 Å². The van der Waals surface area contributed by atoms with E-state index in [-0.39, 0.29) is 24.4 Å². The second kappa shape index (κ2) is 9.53. The molecule has 0 heterocycles. The lowest BCUT2D eigenvalue weighted by Crippen LogP contribution is -2.17. The second-order valence-electron chi connectivity index (χ2n) is 5.53. The average Bonchev–Trinajstić information content (AvgIpc) is 2.45. The molecule has 118 valence electrons. The molecule has 21 heavy (non-hydrogen) atoms. The highest BCUT2D eigenvalue weighted by molar-refractivity contribution is 5.81. The van der Waals surface area contributed by atoms with Crippen molar-refractivity contribution in [1.82, 2.24) is 0 Å². The zero-order valence-electron chi connectivity index (χ0n) is 13.4. The topological polar surface area (TPSA) is 44.8 Å². The summed E-state index contributed by atoms with van der Waals surface area (Å²) in [7, 11) is 0. The van der Waals surface area contributed by atoms with E-state index in [9.17, 15) is 4.79 Å². The van der Waals surface area contributed by atoms with Crippen LogP contribution in [0, 0.1) is 5.92 Å². The minimum Gasteiger partial charge on any atom is -0.491 e. The summed E-state index contributed by atoms with van der Waals surface area (Å²) in [6.45, 7) is 9.39. The highest BCUT2D eigenvalue weighted by atomic mass is 16.5. The van der Waals surface area contributed by atoms with Gasteiger partial charge in [0, 0.05) is 5.92 Å². The molecule has 0 fully saturated rings. The van der Waals surface area contributed by atoms with Gasteiger partial charge in [-0.3, -0.25) is 4.79 Å². The summed E-state index contributed by atoms with van der Waals surface area (Å²) in [5, 5.41) is 0. The van der Waals surface area contributed by atoms with Crippen molar-refractivity contribution in [2.45, 2.75) is 40.4 Å². The molecule has 0 spiro atoms. The van der Waals surface area contributed by atoms with Crippen LogP contribution in [0.25, 0.3) is 0 Å². The number of benzene rings is 1. The molecule has 0 saturated carbocycles. The van der Waals surface area contributed by atoms with Gasteiger partial charge in [-0.05, 0) is 31.5 Å². The molecule has 0 unspecified atom stereocenters. The van der Waals surface area contributed by atoms with E-state index in [1.165, 1.54) is 0 Å². The third kappa shape index (κ3) is 7.83. The third-order valence-corrected chi connectivity index (χ3v) is 2.89. The lowest BCUT2D eigenvalue weighted by molar-refractivity contribution is -0.126. The van der Waals surface area contributed by atoms with Crippen molar-refractivity contribution < 1.29 is 19.0 Å². The van der Waals surface area contributed by atoms with Gasteiger partial charge in [-0.15, -0.1) is 0 Å². The van der Waals surface area contributed by atoms with Crippen LogP contribution in [0.1, 0.15) is 33.3 Å². The van der Waals surface area contributed by atoms with E-state index in [1.54, 1.807) is 0 Å². The van der Waals surface area contributed by atoms with Gasteiger partial charge in [-0.1, -0.05) is 26.0 Å². The Morgan fingerprint density at radius 3 is 2.29 bits per heavy atom.